The smallest absolute Gasteiger partial charge is 0.408 e. The number of nitrogens with one attached hydrogen (secondary N) is 3. The van der Waals surface area contributed by atoms with Crippen LogP contribution in [-0.4, -0.2) is 54.5 Å². The van der Waals surface area contributed by atoms with E-state index in [4.69, 9.17) is 14.6 Å². The lowest BCUT2D eigenvalue weighted by molar-refractivity contribution is -0.115. The number of aromatic carboxylic acids is 1. The lowest BCUT2D eigenvalue weighted by Gasteiger charge is -2.27. The Morgan fingerprint density at radius 2 is 1.96 bits per heavy atom. The van der Waals surface area contributed by atoms with E-state index in [0.29, 0.717) is 24.5 Å². The van der Waals surface area contributed by atoms with Gasteiger partial charge in [-0.15, -0.1) is 0 Å². The van der Waals surface area contributed by atoms with E-state index < -0.39 is 23.6 Å². The Bertz CT molecular complexity index is 710. The van der Waals surface area contributed by atoms with Gasteiger partial charge in [-0.3, -0.25) is 4.79 Å². The number of hydrogen-bond acceptors (Lipinski definition) is 6. The second kappa shape index (κ2) is 8.72. The molecule has 1 atom stereocenters. The zero-order valence-electron chi connectivity index (χ0n) is 15.6. The fraction of sp³-hybridized carbons (Fsp3) is 0.500. The molecule has 1 aliphatic heterocycles. The molecule has 2 rings (SSSR count). The highest BCUT2D eigenvalue weighted by molar-refractivity contribution is 5.98. The molecule has 9 nitrogen and oxygen atoms in total. The molecule has 2 amide bonds. The van der Waals surface area contributed by atoms with Crippen LogP contribution in [0.4, 0.5) is 16.2 Å². The summed E-state index contributed by atoms with van der Waals surface area (Å²) in [6.07, 6.45) is 0.294. The summed E-state index contributed by atoms with van der Waals surface area (Å²) in [4.78, 5) is 34.9. The van der Waals surface area contributed by atoms with Crippen LogP contribution in [-0.2, 0) is 14.3 Å². The maximum atomic E-state index is 12.1. The molecule has 9 heteroatoms. The summed E-state index contributed by atoms with van der Waals surface area (Å²) in [6, 6.07) is 4.33. The third-order valence-corrected chi connectivity index (χ3v) is 3.65. The van der Waals surface area contributed by atoms with Gasteiger partial charge in [0, 0.05) is 13.2 Å². The zero-order valence-corrected chi connectivity index (χ0v) is 15.6. The molecule has 1 aromatic rings. The number of ether oxygens (including phenoxy) is 2. The van der Waals surface area contributed by atoms with Crippen molar-refractivity contribution in [2.45, 2.75) is 38.9 Å². The van der Waals surface area contributed by atoms with Crippen molar-refractivity contribution in [2.75, 3.05) is 30.3 Å². The monoisotopic (exact) mass is 379 g/mol. The summed E-state index contributed by atoms with van der Waals surface area (Å²) >= 11 is 0. The third kappa shape index (κ3) is 6.78. The van der Waals surface area contributed by atoms with E-state index in [0.717, 1.165) is 6.42 Å². The average Bonchev–Trinajstić information content (AvgIpc) is 2.51. The summed E-state index contributed by atoms with van der Waals surface area (Å²) in [6.45, 7) is 6.10. The van der Waals surface area contributed by atoms with Crippen LogP contribution in [0, 0.1) is 0 Å². The number of carboxylic acid groups (broad SMARTS) is 1. The third-order valence-electron chi connectivity index (χ3n) is 3.65. The van der Waals surface area contributed by atoms with Gasteiger partial charge in [0.05, 0.1) is 23.0 Å². The van der Waals surface area contributed by atoms with Crippen molar-refractivity contribution >= 4 is 29.3 Å². The van der Waals surface area contributed by atoms with E-state index >= 15 is 0 Å². The summed E-state index contributed by atoms with van der Waals surface area (Å²) in [7, 11) is 0. The molecule has 1 saturated heterocycles. The molecular formula is C18H25N3O6. The van der Waals surface area contributed by atoms with Crippen LogP contribution >= 0.6 is 0 Å². The number of hydrogen-bond donors (Lipinski definition) is 4. The van der Waals surface area contributed by atoms with Gasteiger partial charge in [-0.2, -0.15) is 0 Å². The van der Waals surface area contributed by atoms with Crippen LogP contribution in [0.3, 0.4) is 0 Å². The number of carbonyl (C=O) groups is 3. The molecule has 1 aliphatic rings. The topological polar surface area (TPSA) is 126 Å². The van der Waals surface area contributed by atoms with E-state index in [1.54, 1.807) is 20.8 Å². The van der Waals surface area contributed by atoms with Crippen LogP contribution in [0.25, 0.3) is 0 Å². The number of amides is 2. The molecule has 0 aromatic heterocycles. The maximum absolute atomic E-state index is 12.1. The molecule has 1 aromatic carbocycles. The normalized spacial score (nSPS) is 16.0. The Labute approximate surface area is 157 Å². The molecular weight excluding hydrogens is 354 g/mol. The number of alkyl carbamates (subject to hydrolysis) is 1. The minimum Gasteiger partial charge on any atom is -0.478 e. The Morgan fingerprint density at radius 1 is 1.26 bits per heavy atom. The highest BCUT2D eigenvalue weighted by atomic mass is 16.6. The first-order valence-electron chi connectivity index (χ1n) is 8.63. The van der Waals surface area contributed by atoms with Gasteiger partial charge in [0.25, 0.3) is 0 Å². The Kier molecular flexibility index (Phi) is 6.62. The molecule has 27 heavy (non-hydrogen) atoms. The van der Waals surface area contributed by atoms with Gasteiger partial charge in [0.15, 0.2) is 0 Å². The van der Waals surface area contributed by atoms with Gasteiger partial charge in [-0.25, -0.2) is 9.59 Å². The molecule has 0 bridgehead atoms. The van der Waals surface area contributed by atoms with Crippen LogP contribution in [0.5, 0.6) is 0 Å². The van der Waals surface area contributed by atoms with E-state index in [2.05, 4.69) is 16.0 Å². The SMILES string of the molecule is CC(C)(C)OC(=O)NCC(=O)Nc1ccc(C(=O)O)cc1NC[C@@H]1CCO1. The van der Waals surface area contributed by atoms with Crippen molar-refractivity contribution in [3.63, 3.8) is 0 Å². The number of anilines is 2. The van der Waals surface area contributed by atoms with E-state index in [1.165, 1.54) is 18.2 Å². The lowest BCUT2D eigenvalue weighted by Crippen LogP contribution is -2.37. The predicted octanol–water partition coefficient (Wildman–Crippen LogP) is 2.05. The maximum Gasteiger partial charge on any atom is 0.408 e. The van der Waals surface area contributed by atoms with Crippen molar-refractivity contribution in [3.8, 4) is 0 Å². The molecule has 4 N–H and O–H groups in total. The standard InChI is InChI=1S/C18H25N3O6/c1-18(2,3)27-17(25)20-10-15(22)21-13-5-4-11(16(23)24)8-14(13)19-9-12-6-7-26-12/h4-5,8,12,19H,6-7,9-10H2,1-3H3,(H,20,25)(H,21,22)(H,23,24)/t12-/m0/s1. The lowest BCUT2D eigenvalue weighted by atomic mass is 10.1. The van der Waals surface area contributed by atoms with Crippen molar-refractivity contribution in [1.29, 1.82) is 0 Å². The Hall–Kier alpha value is -2.81. The first-order valence-corrected chi connectivity index (χ1v) is 8.63. The van der Waals surface area contributed by atoms with Crippen LogP contribution in [0.2, 0.25) is 0 Å². The number of carboxylic acids is 1. The fourth-order valence-corrected chi connectivity index (χ4v) is 2.26. The Morgan fingerprint density at radius 3 is 2.52 bits per heavy atom. The van der Waals surface area contributed by atoms with Gasteiger partial charge in [0.1, 0.15) is 12.1 Å². The summed E-state index contributed by atoms with van der Waals surface area (Å²) < 4.78 is 10.4. The van der Waals surface area contributed by atoms with Crippen LogP contribution in [0.1, 0.15) is 37.6 Å². The van der Waals surface area contributed by atoms with Gasteiger partial charge in [-0.1, -0.05) is 0 Å². The fourth-order valence-electron chi connectivity index (χ4n) is 2.26. The Balaban J connectivity index is 1.97. The van der Waals surface area contributed by atoms with Crippen LogP contribution < -0.4 is 16.0 Å². The van der Waals surface area contributed by atoms with Crippen molar-refractivity contribution in [2.24, 2.45) is 0 Å². The highest BCUT2D eigenvalue weighted by Gasteiger charge is 2.20. The number of rotatable bonds is 7. The largest absolute Gasteiger partial charge is 0.478 e. The van der Waals surface area contributed by atoms with E-state index in [9.17, 15) is 14.4 Å². The van der Waals surface area contributed by atoms with Crippen molar-refractivity contribution in [1.82, 2.24) is 5.32 Å². The van der Waals surface area contributed by atoms with Gasteiger partial charge in [-0.05, 0) is 45.4 Å². The molecule has 0 saturated carbocycles. The molecule has 1 heterocycles. The molecule has 1 fully saturated rings. The molecule has 0 spiro atoms. The molecule has 148 valence electrons. The second-order valence-corrected chi connectivity index (χ2v) is 7.13. The first kappa shape index (κ1) is 20.5. The summed E-state index contributed by atoms with van der Waals surface area (Å²) in [5.41, 5.74) is 0.316. The molecule has 0 radical (unpaired) electrons. The number of benzene rings is 1. The zero-order chi connectivity index (χ0) is 20.0. The van der Waals surface area contributed by atoms with Gasteiger partial charge in [0.2, 0.25) is 5.91 Å². The highest BCUT2D eigenvalue weighted by Crippen LogP contribution is 2.24. The van der Waals surface area contributed by atoms with Crippen molar-refractivity contribution in [3.05, 3.63) is 23.8 Å². The molecule has 0 aliphatic carbocycles. The minimum absolute atomic E-state index is 0.0656. The number of carbonyl (C=O) groups excluding carboxylic acids is 2. The summed E-state index contributed by atoms with van der Waals surface area (Å²) in [5.74, 6) is -1.53. The van der Waals surface area contributed by atoms with E-state index in [1.807, 2.05) is 0 Å². The average molecular weight is 379 g/mol. The predicted molar refractivity (Wildman–Crippen MR) is 99.1 cm³/mol. The first-order chi connectivity index (χ1) is 12.6. The quantitative estimate of drug-likeness (QED) is 0.571. The van der Waals surface area contributed by atoms with E-state index in [-0.39, 0.29) is 18.2 Å². The van der Waals surface area contributed by atoms with Gasteiger partial charge < -0.3 is 30.5 Å². The van der Waals surface area contributed by atoms with Gasteiger partial charge >= 0.3 is 12.1 Å². The van der Waals surface area contributed by atoms with Crippen molar-refractivity contribution < 1.29 is 29.0 Å². The van der Waals surface area contributed by atoms with Crippen LogP contribution in [0.15, 0.2) is 18.2 Å². The minimum atomic E-state index is -1.07. The molecule has 0 unspecified atom stereocenters. The second-order valence-electron chi connectivity index (χ2n) is 7.13. The summed E-state index contributed by atoms with van der Waals surface area (Å²) in [5, 5.41) is 17.3.